The third kappa shape index (κ3) is 3.32. The molecule has 1 aliphatic carbocycles. The van der Waals surface area contributed by atoms with Crippen molar-refractivity contribution in [2.75, 3.05) is 26.3 Å². The summed E-state index contributed by atoms with van der Waals surface area (Å²) in [6.07, 6.45) is 7.66. The smallest absolute Gasteiger partial charge is 0.0622 e. The summed E-state index contributed by atoms with van der Waals surface area (Å²) in [6, 6.07) is 0.568. The minimum absolute atomic E-state index is 0.234. The van der Waals surface area contributed by atoms with Crippen LogP contribution in [-0.2, 0) is 4.74 Å². The van der Waals surface area contributed by atoms with Gasteiger partial charge in [-0.15, -0.1) is 0 Å². The van der Waals surface area contributed by atoms with Crippen molar-refractivity contribution in [3.63, 3.8) is 0 Å². The number of nitrogens with zero attached hydrogens (tertiary/aromatic N) is 1. The first-order chi connectivity index (χ1) is 9.03. The van der Waals surface area contributed by atoms with Crippen molar-refractivity contribution in [3.8, 4) is 0 Å². The van der Waals surface area contributed by atoms with E-state index < -0.39 is 0 Å². The molecule has 19 heavy (non-hydrogen) atoms. The molecule has 1 heterocycles. The maximum atomic E-state index is 6.26. The molecular weight excluding hydrogens is 236 g/mol. The van der Waals surface area contributed by atoms with E-state index in [1.54, 1.807) is 0 Å². The highest BCUT2D eigenvalue weighted by Crippen LogP contribution is 2.41. The van der Waals surface area contributed by atoms with Crippen molar-refractivity contribution >= 4 is 0 Å². The molecule has 0 bridgehead atoms. The van der Waals surface area contributed by atoms with Crippen molar-refractivity contribution in [2.45, 2.75) is 70.9 Å². The van der Waals surface area contributed by atoms with Crippen LogP contribution in [0.4, 0.5) is 0 Å². The highest BCUT2D eigenvalue weighted by molar-refractivity contribution is 4.98. The summed E-state index contributed by atoms with van der Waals surface area (Å²) in [5.41, 5.74) is 6.99. The molecule has 2 fully saturated rings. The number of hydrogen-bond donors (Lipinski definition) is 1. The van der Waals surface area contributed by atoms with Crippen LogP contribution in [0.5, 0.6) is 0 Å². The van der Waals surface area contributed by atoms with Gasteiger partial charge in [0.1, 0.15) is 0 Å². The first-order valence-electron chi connectivity index (χ1n) is 8.08. The molecule has 0 radical (unpaired) electrons. The lowest BCUT2D eigenvalue weighted by molar-refractivity contribution is -0.0696. The average molecular weight is 268 g/mol. The van der Waals surface area contributed by atoms with Crippen LogP contribution in [0.25, 0.3) is 0 Å². The number of ether oxygens (including phenoxy) is 1. The standard InChI is InChI=1S/C16H32N2O/c1-4-14-12-19-11-10-18(14)16(13-17)7-5-6-15(2,3)8-9-16/h14H,4-13,17H2,1-3H3. The molecular formula is C16H32N2O. The van der Waals surface area contributed by atoms with E-state index in [-0.39, 0.29) is 5.54 Å². The SMILES string of the molecule is CCC1COCCN1C1(CN)CCCC(C)(C)CC1. The fourth-order valence-corrected chi connectivity index (χ4v) is 3.94. The zero-order chi connectivity index (χ0) is 13.9. The maximum Gasteiger partial charge on any atom is 0.0622 e. The molecule has 1 saturated heterocycles. The Morgan fingerprint density at radius 2 is 2.00 bits per heavy atom. The normalized spacial score (nSPS) is 36.9. The molecule has 1 saturated carbocycles. The van der Waals surface area contributed by atoms with Gasteiger partial charge in [0.15, 0.2) is 0 Å². The van der Waals surface area contributed by atoms with Crippen LogP contribution < -0.4 is 5.73 Å². The molecule has 2 unspecified atom stereocenters. The van der Waals surface area contributed by atoms with Crippen molar-refractivity contribution in [1.29, 1.82) is 0 Å². The molecule has 2 rings (SSSR count). The lowest BCUT2D eigenvalue weighted by atomic mass is 9.82. The van der Waals surface area contributed by atoms with E-state index in [9.17, 15) is 0 Å². The molecule has 2 N–H and O–H groups in total. The van der Waals surface area contributed by atoms with Gasteiger partial charge in [-0.25, -0.2) is 0 Å². The monoisotopic (exact) mass is 268 g/mol. The maximum absolute atomic E-state index is 6.26. The van der Waals surface area contributed by atoms with E-state index in [1.807, 2.05) is 0 Å². The highest BCUT2D eigenvalue weighted by atomic mass is 16.5. The Labute approximate surface area is 118 Å². The summed E-state index contributed by atoms with van der Waals surface area (Å²) in [5, 5.41) is 0. The third-order valence-corrected chi connectivity index (χ3v) is 5.45. The topological polar surface area (TPSA) is 38.5 Å². The number of rotatable bonds is 3. The van der Waals surface area contributed by atoms with Gasteiger partial charge in [-0.1, -0.05) is 27.2 Å². The minimum atomic E-state index is 0.234. The van der Waals surface area contributed by atoms with E-state index >= 15 is 0 Å². The Morgan fingerprint density at radius 3 is 2.68 bits per heavy atom. The number of nitrogens with two attached hydrogens (primary N) is 1. The van der Waals surface area contributed by atoms with Gasteiger partial charge in [0.25, 0.3) is 0 Å². The number of morpholine rings is 1. The van der Waals surface area contributed by atoms with Crippen LogP contribution in [-0.4, -0.2) is 42.8 Å². The Morgan fingerprint density at radius 1 is 1.21 bits per heavy atom. The Balaban J connectivity index is 2.16. The van der Waals surface area contributed by atoms with Crippen LogP contribution in [0.2, 0.25) is 0 Å². The first-order valence-corrected chi connectivity index (χ1v) is 8.08. The number of hydrogen-bond acceptors (Lipinski definition) is 3. The van der Waals surface area contributed by atoms with Gasteiger partial charge >= 0.3 is 0 Å². The Kier molecular flexibility index (Phi) is 4.91. The molecule has 3 heteroatoms. The van der Waals surface area contributed by atoms with Crippen molar-refractivity contribution in [2.24, 2.45) is 11.1 Å². The molecule has 112 valence electrons. The second-order valence-corrected chi connectivity index (χ2v) is 7.28. The summed E-state index contributed by atoms with van der Waals surface area (Å²) in [5.74, 6) is 0. The fraction of sp³-hybridized carbons (Fsp3) is 1.00. The highest BCUT2D eigenvalue weighted by Gasteiger charge is 2.42. The zero-order valence-corrected chi connectivity index (χ0v) is 13.1. The molecule has 3 nitrogen and oxygen atoms in total. The van der Waals surface area contributed by atoms with Crippen LogP contribution in [0.3, 0.4) is 0 Å². The average Bonchev–Trinajstić information content (AvgIpc) is 2.58. The molecule has 2 atom stereocenters. The second kappa shape index (κ2) is 6.11. The van der Waals surface area contributed by atoms with Gasteiger partial charge in [0.05, 0.1) is 13.2 Å². The third-order valence-electron chi connectivity index (χ3n) is 5.45. The lowest BCUT2D eigenvalue weighted by Crippen LogP contribution is -2.61. The predicted octanol–water partition coefficient (Wildman–Crippen LogP) is 2.79. The molecule has 2 aliphatic rings. The summed E-state index contributed by atoms with van der Waals surface area (Å²) < 4.78 is 5.67. The van der Waals surface area contributed by atoms with Gasteiger partial charge in [0.2, 0.25) is 0 Å². The van der Waals surface area contributed by atoms with Crippen LogP contribution in [0.1, 0.15) is 59.3 Å². The van der Waals surface area contributed by atoms with Gasteiger partial charge in [-0.2, -0.15) is 0 Å². The quantitative estimate of drug-likeness (QED) is 0.800. The largest absolute Gasteiger partial charge is 0.378 e. The van der Waals surface area contributed by atoms with Gasteiger partial charge in [-0.3, -0.25) is 4.90 Å². The summed E-state index contributed by atoms with van der Waals surface area (Å²) in [7, 11) is 0. The molecule has 0 aromatic rings. The van der Waals surface area contributed by atoms with Gasteiger partial charge in [0, 0.05) is 24.7 Å². The minimum Gasteiger partial charge on any atom is -0.378 e. The van der Waals surface area contributed by atoms with Crippen molar-refractivity contribution in [3.05, 3.63) is 0 Å². The van der Waals surface area contributed by atoms with Crippen LogP contribution >= 0.6 is 0 Å². The fourth-order valence-electron chi connectivity index (χ4n) is 3.94. The van der Waals surface area contributed by atoms with Crippen molar-refractivity contribution < 1.29 is 4.74 Å². The molecule has 0 aromatic carbocycles. The van der Waals surface area contributed by atoms with E-state index in [1.165, 1.54) is 38.5 Å². The summed E-state index contributed by atoms with van der Waals surface area (Å²) >= 11 is 0. The first kappa shape index (κ1) is 15.3. The predicted molar refractivity (Wildman–Crippen MR) is 80.3 cm³/mol. The Bertz CT molecular complexity index is 292. The van der Waals surface area contributed by atoms with Crippen molar-refractivity contribution in [1.82, 2.24) is 4.90 Å². The molecule has 0 amide bonds. The van der Waals surface area contributed by atoms with Gasteiger partial charge in [-0.05, 0) is 37.5 Å². The van der Waals surface area contributed by atoms with E-state index in [0.717, 1.165) is 26.3 Å². The van der Waals surface area contributed by atoms with Crippen LogP contribution in [0.15, 0.2) is 0 Å². The summed E-state index contributed by atoms with van der Waals surface area (Å²) in [4.78, 5) is 2.71. The van der Waals surface area contributed by atoms with E-state index in [2.05, 4.69) is 25.7 Å². The second-order valence-electron chi connectivity index (χ2n) is 7.28. The van der Waals surface area contributed by atoms with Crippen LogP contribution in [0, 0.1) is 5.41 Å². The van der Waals surface area contributed by atoms with E-state index in [4.69, 9.17) is 10.5 Å². The molecule has 0 aromatic heterocycles. The summed E-state index contributed by atoms with van der Waals surface area (Å²) in [6.45, 7) is 10.7. The molecule has 1 aliphatic heterocycles. The Hall–Kier alpha value is -0.120. The zero-order valence-electron chi connectivity index (χ0n) is 13.1. The molecule has 0 spiro atoms. The van der Waals surface area contributed by atoms with E-state index in [0.29, 0.717) is 11.5 Å². The lowest BCUT2D eigenvalue weighted by Gasteiger charge is -2.49. The van der Waals surface area contributed by atoms with Gasteiger partial charge < -0.3 is 10.5 Å².